The Bertz CT molecular complexity index is 593. The highest BCUT2D eigenvalue weighted by molar-refractivity contribution is 9.10. The summed E-state index contributed by atoms with van der Waals surface area (Å²) in [4.78, 5) is 11.8. The van der Waals surface area contributed by atoms with E-state index in [1.54, 1.807) is 0 Å². The van der Waals surface area contributed by atoms with Crippen molar-refractivity contribution in [1.29, 1.82) is 0 Å². The van der Waals surface area contributed by atoms with E-state index >= 15 is 0 Å². The zero-order valence-corrected chi connectivity index (χ0v) is 11.2. The van der Waals surface area contributed by atoms with Crippen molar-refractivity contribution in [2.45, 2.75) is 12.5 Å². The van der Waals surface area contributed by atoms with Crippen LogP contribution in [0.15, 0.2) is 53.0 Å². The molecular formula is C15H11BrO2. The van der Waals surface area contributed by atoms with Gasteiger partial charge in [0.05, 0.1) is 5.56 Å². The fourth-order valence-corrected chi connectivity index (χ4v) is 2.89. The number of rotatable bonds is 2. The first-order valence-electron chi connectivity index (χ1n) is 5.79. The van der Waals surface area contributed by atoms with E-state index in [9.17, 15) is 4.79 Å². The number of carbonyl (C=O) groups excluding carboxylic acids is 1. The Labute approximate surface area is 114 Å². The van der Waals surface area contributed by atoms with E-state index in [-0.39, 0.29) is 12.1 Å². The molecular weight excluding hydrogens is 292 g/mol. The fraction of sp³-hybridized carbons (Fsp3) is 0.133. The van der Waals surface area contributed by atoms with Gasteiger partial charge in [-0.05, 0) is 17.7 Å². The topological polar surface area (TPSA) is 26.3 Å². The molecule has 3 rings (SSSR count). The highest BCUT2D eigenvalue weighted by atomic mass is 79.9. The molecule has 0 saturated carbocycles. The van der Waals surface area contributed by atoms with Crippen LogP contribution in [0.2, 0.25) is 0 Å². The summed E-state index contributed by atoms with van der Waals surface area (Å²) in [6.07, 6.45) is 0.521. The molecule has 0 radical (unpaired) electrons. The monoisotopic (exact) mass is 302 g/mol. The molecule has 0 aliphatic carbocycles. The van der Waals surface area contributed by atoms with E-state index < -0.39 is 0 Å². The molecule has 0 saturated heterocycles. The minimum Gasteiger partial charge on any atom is -0.453 e. The van der Waals surface area contributed by atoms with Crippen molar-refractivity contribution in [2.24, 2.45) is 0 Å². The molecule has 90 valence electrons. The number of hydrogen-bond acceptors (Lipinski definition) is 2. The summed E-state index contributed by atoms with van der Waals surface area (Å²) in [5, 5.41) is 0. The molecule has 2 nitrogen and oxygen atoms in total. The Kier molecular flexibility index (Phi) is 2.92. The molecule has 0 aromatic heterocycles. The molecule has 1 aliphatic rings. The van der Waals surface area contributed by atoms with Crippen LogP contribution in [0.25, 0.3) is 0 Å². The molecule has 2 aromatic carbocycles. The predicted molar refractivity (Wildman–Crippen MR) is 72.4 cm³/mol. The molecule has 0 unspecified atom stereocenters. The Morgan fingerprint density at radius 2 is 1.83 bits per heavy atom. The van der Waals surface area contributed by atoms with Crippen LogP contribution in [0, 0.1) is 0 Å². The number of cyclic esters (lactones) is 1. The molecule has 0 N–H and O–H groups in total. The SMILES string of the molecule is O=C1O[C@@H](Cc2ccccc2)c2c(Br)cccc21. The minimum atomic E-state index is -0.229. The summed E-state index contributed by atoms with van der Waals surface area (Å²) in [5.41, 5.74) is 2.80. The summed E-state index contributed by atoms with van der Waals surface area (Å²) in [7, 11) is 0. The van der Waals surface area contributed by atoms with Crippen LogP contribution in [0.3, 0.4) is 0 Å². The minimum absolute atomic E-state index is 0.189. The molecule has 0 amide bonds. The molecule has 1 atom stereocenters. The first-order valence-corrected chi connectivity index (χ1v) is 6.58. The van der Waals surface area contributed by atoms with E-state index in [1.807, 2.05) is 48.5 Å². The zero-order valence-electron chi connectivity index (χ0n) is 9.60. The van der Waals surface area contributed by atoms with E-state index in [0.717, 1.165) is 10.0 Å². The Morgan fingerprint density at radius 3 is 2.61 bits per heavy atom. The van der Waals surface area contributed by atoms with Crippen molar-refractivity contribution < 1.29 is 9.53 Å². The third kappa shape index (κ3) is 1.95. The third-order valence-corrected chi connectivity index (χ3v) is 3.80. The molecule has 0 bridgehead atoms. The number of esters is 1. The van der Waals surface area contributed by atoms with Gasteiger partial charge in [0.25, 0.3) is 0 Å². The number of hydrogen-bond donors (Lipinski definition) is 0. The van der Waals surface area contributed by atoms with Crippen molar-refractivity contribution in [3.05, 3.63) is 69.7 Å². The van der Waals surface area contributed by atoms with Crippen LogP contribution in [0.5, 0.6) is 0 Å². The molecule has 18 heavy (non-hydrogen) atoms. The fourth-order valence-electron chi connectivity index (χ4n) is 2.27. The molecule has 1 heterocycles. The van der Waals surface area contributed by atoms with Gasteiger partial charge in [-0.3, -0.25) is 0 Å². The number of carbonyl (C=O) groups is 1. The summed E-state index contributed by atoms with van der Waals surface area (Å²) in [5.74, 6) is -0.229. The van der Waals surface area contributed by atoms with Crippen LogP contribution in [0.4, 0.5) is 0 Å². The van der Waals surface area contributed by atoms with E-state index in [0.29, 0.717) is 12.0 Å². The largest absolute Gasteiger partial charge is 0.453 e. The van der Waals surface area contributed by atoms with Gasteiger partial charge < -0.3 is 4.74 Å². The van der Waals surface area contributed by atoms with E-state index in [2.05, 4.69) is 15.9 Å². The van der Waals surface area contributed by atoms with Gasteiger partial charge in [0.2, 0.25) is 0 Å². The maximum atomic E-state index is 11.8. The van der Waals surface area contributed by atoms with Gasteiger partial charge in [0.1, 0.15) is 6.10 Å². The van der Waals surface area contributed by atoms with Gasteiger partial charge in [-0.15, -0.1) is 0 Å². The summed E-state index contributed by atoms with van der Waals surface area (Å²) in [6, 6.07) is 15.7. The smallest absolute Gasteiger partial charge is 0.339 e. The number of benzene rings is 2. The van der Waals surface area contributed by atoms with Crippen molar-refractivity contribution >= 4 is 21.9 Å². The lowest BCUT2D eigenvalue weighted by Gasteiger charge is -2.11. The highest BCUT2D eigenvalue weighted by Crippen LogP contribution is 2.37. The van der Waals surface area contributed by atoms with Crippen molar-refractivity contribution in [2.75, 3.05) is 0 Å². The van der Waals surface area contributed by atoms with Crippen molar-refractivity contribution in [1.82, 2.24) is 0 Å². The normalized spacial score (nSPS) is 17.4. The molecule has 0 spiro atoms. The second-order valence-electron chi connectivity index (χ2n) is 4.28. The Balaban J connectivity index is 1.96. The van der Waals surface area contributed by atoms with Gasteiger partial charge in [-0.25, -0.2) is 4.79 Å². The molecule has 3 heteroatoms. The lowest BCUT2D eigenvalue weighted by molar-refractivity contribution is 0.0386. The standard InChI is InChI=1S/C15H11BrO2/c16-12-8-4-7-11-14(12)13(18-15(11)17)9-10-5-2-1-3-6-10/h1-8,13H,9H2/t13-/m0/s1. The molecule has 2 aromatic rings. The maximum absolute atomic E-state index is 11.8. The third-order valence-electron chi connectivity index (χ3n) is 3.11. The van der Waals surface area contributed by atoms with Crippen LogP contribution in [0.1, 0.15) is 27.6 Å². The summed E-state index contributed by atoms with van der Waals surface area (Å²) < 4.78 is 6.38. The highest BCUT2D eigenvalue weighted by Gasteiger charge is 2.32. The first kappa shape index (κ1) is 11.5. The second kappa shape index (κ2) is 4.58. The van der Waals surface area contributed by atoms with Crippen LogP contribution < -0.4 is 0 Å². The van der Waals surface area contributed by atoms with E-state index in [1.165, 1.54) is 5.56 Å². The maximum Gasteiger partial charge on any atom is 0.339 e. The van der Waals surface area contributed by atoms with Crippen molar-refractivity contribution in [3.63, 3.8) is 0 Å². The summed E-state index contributed by atoms with van der Waals surface area (Å²) >= 11 is 3.50. The van der Waals surface area contributed by atoms with Crippen molar-refractivity contribution in [3.8, 4) is 0 Å². The van der Waals surface area contributed by atoms with Gasteiger partial charge >= 0.3 is 5.97 Å². The quantitative estimate of drug-likeness (QED) is 0.786. The van der Waals surface area contributed by atoms with Crippen LogP contribution >= 0.6 is 15.9 Å². The van der Waals surface area contributed by atoms with E-state index in [4.69, 9.17) is 4.74 Å². The first-order chi connectivity index (χ1) is 8.75. The predicted octanol–water partition coefficient (Wildman–Crippen LogP) is 3.90. The molecule has 0 fully saturated rings. The lowest BCUT2D eigenvalue weighted by atomic mass is 9.99. The van der Waals surface area contributed by atoms with Gasteiger partial charge in [-0.1, -0.05) is 52.3 Å². The van der Waals surface area contributed by atoms with Crippen LogP contribution in [-0.4, -0.2) is 5.97 Å². The van der Waals surface area contributed by atoms with Crippen LogP contribution in [-0.2, 0) is 11.2 Å². The number of ether oxygens (including phenoxy) is 1. The number of fused-ring (bicyclic) bond motifs is 1. The number of halogens is 1. The van der Waals surface area contributed by atoms with Gasteiger partial charge in [0.15, 0.2) is 0 Å². The Morgan fingerprint density at radius 1 is 1.06 bits per heavy atom. The van der Waals surface area contributed by atoms with Gasteiger partial charge in [-0.2, -0.15) is 0 Å². The average molecular weight is 303 g/mol. The average Bonchev–Trinajstić information content (AvgIpc) is 2.69. The zero-order chi connectivity index (χ0) is 12.5. The summed E-state index contributed by atoms with van der Waals surface area (Å²) in [6.45, 7) is 0. The van der Waals surface area contributed by atoms with Gasteiger partial charge in [0, 0.05) is 16.5 Å². The Hall–Kier alpha value is -1.61. The second-order valence-corrected chi connectivity index (χ2v) is 5.14. The molecule has 1 aliphatic heterocycles. The lowest BCUT2D eigenvalue weighted by Crippen LogP contribution is -2.02.